The van der Waals surface area contributed by atoms with Crippen molar-refractivity contribution in [2.24, 2.45) is 0 Å². The number of hydrogen-bond donors (Lipinski definition) is 0. The number of nitro benzene ring substituents is 1. The summed E-state index contributed by atoms with van der Waals surface area (Å²) in [5.74, 6) is -0.00875. The highest BCUT2D eigenvalue weighted by molar-refractivity contribution is 5.89. The second-order valence-electron chi connectivity index (χ2n) is 5.27. The van der Waals surface area contributed by atoms with Gasteiger partial charge >= 0.3 is 5.97 Å². The molecule has 3 aromatic rings. The summed E-state index contributed by atoms with van der Waals surface area (Å²) in [6.45, 7) is 0.409. The molecule has 3 rings (SSSR count). The maximum absolute atomic E-state index is 11.6. The standard InChI is InChI=1S/C17H14N4O4/c1-25-17(22)14-6-2-4-12(8-14)10-20-11-18-16(19-20)13-5-3-7-15(9-13)21(23)24/h2-9,11H,10H2,1H3. The van der Waals surface area contributed by atoms with Gasteiger partial charge in [0.15, 0.2) is 5.82 Å². The predicted molar refractivity (Wildman–Crippen MR) is 89.0 cm³/mol. The fourth-order valence-corrected chi connectivity index (χ4v) is 2.36. The second-order valence-corrected chi connectivity index (χ2v) is 5.27. The summed E-state index contributed by atoms with van der Waals surface area (Å²) in [6.07, 6.45) is 1.54. The number of non-ortho nitro benzene ring substituents is 1. The van der Waals surface area contributed by atoms with E-state index in [-0.39, 0.29) is 5.69 Å². The lowest BCUT2D eigenvalue weighted by molar-refractivity contribution is -0.384. The molecule has 0 saturated carbocycles. The maximum Gasteiger partial charge on any atom is 0.337 e. The number of carbonyl (C=O) groups is 1. The molecule has 0 N–H and O–H groups in total. The van der Waals surface area contributed by atoms with E-state index < -0.39 is 10.9 Å². The van der Waals surface area contributed by atoms with Crippen LogP contribution in [0.5, 0.6) is 0 Å². The second kappa shape index (κ2) is 6.91. The summed E-state index contributed by atoms with van der Waals surface area (Å²) in [7, 11) is 1.33. The zero-order chi connectivity index (χ0) is 17.8. The van der Waals surface area contributed by atoms with Crippen LogP contribution in [-0.2, 0) is 11.3 Å². The van der Waals surface area contributed by atoms with Crippen LogP contribution in [0, 0.1) is 10.1 Å². The van der Waals surface area contributed by atoms with Crippen molar-refractivity contribution in [1.29, 1.82) is 0 Å². The Morgan fingerprint density at radius 1 is 1.24 bits per heavy atom. The molecule has 8 heteroatoms. The lowest BCUT2D eigenvalue weighted by Gasteiger charge is -2.04. The van der Waals surface area contributed by atoms with Gasteiger partial charge in [-0.2, -0.15) is 5.10 Å². The van der Waals surface area contributed by atoms with Gasteiger partial charge in [-0.15, -0.1) is 0 Å². The molecule has 0 aliphatic rings. The molecule has 0 fully saturated rings. The third kappa shape index (κ3) is 3.69. The Balaban J connectivity index is 1.82. The van der Waals surface area contributed by atoms with Gasteiger partial charge < -0.3 is 4.74 Å². The number of aromatic nitrogens is 3. The lowest BCUT2D eigenvalue weighted by atomic mass is 10.1. The van der Waals surface area contributed by atoms with Crippen LogP contribution in [0.2, 0.25) is 0 Å². The van der Waals surface area contributed by atoms with E-state index in [2.05, 4.69) is 10.1 Å². The number of hydrogen-bond acceptors (Lipinski definition) is 6. The third-order valence-electron chi connectivity index (χ3n) is 3.54. The first-order valence-corrected chi connectivity index (χ1v) is 7.38. The number of carbonyl (C=O) groups excluding carboxylic acids is 1. The van der Waals surface area contributed by atoms with Gasteiger partial charge in [0.05, 0.1) is 24.1 Å². The van der Waals surface area contributed by atoms with E-state index in [4.69, 9.17) is 4.74 Å². The molecule has 1 heterocycles. The van der Waals surface area contributed by atoms with Crippen LogP contribution in [0.1, 0.15) is 15.9 Å². The number of benzene rings is 2. The first kappa shape index (κ1) is 16.3. The van der Waals surface area contributed by atoms with Gasteiger partial charge in [0.1, 0.15) is 6.33 Å². The van der Waals surface area contributed by atoms with E-state index >= 15 is 0 Å². The Labute approximate surface area is 142 Å². The lowest BCUT2D eigenvalue weighted by Crippen LogP contribution is -2.04. The van der Waals surface area contributed by atoms with Crippen LogP contribution >= 0.6 is 0 Å². The van der Waals surface area contributed by atoms with E-state index in [1.807, 2.05) is 6.07 Å². The zero-order valence-electron chi connectivity index (χ0n) is 13.3. The van der Waals surface area contributed by atoms with Gasteiger partial charge in [-0.1, -0.05) is 24.3 Å². The predicted octanol–water partition coefficient (Wildman–Crippen LogP) is 2.69. The van der Waals surface area contributed by atoms with Gasteiger partial charge in [0.2, 0.25) is 0 Å². The number of nitrogens with zero attached hydrogens (tertiary/aromatic N) is 4. The summed E-state index contributed by atoms with van der Waals surface area (Å²) in [5.41, 5.74) is 1.87. The average Bonchev–Trinajstić information content (AvgIpc) is 3.10. The molecule has 0 unspecified atom stereocenters. The topological polar surface area (TPSA) is 100 Å². The third-order valence-corrected chi connectivity index (χ3v) is 3.54. The SMILES string of the molecule is COC(=O)c1cccc(Cn2cnc(-c3cccc([N+](=O)[O-])c3)n2)c1. The number of methoxy groups -OCH3 is 1. The van der Waals surface area contributed by atoms with Crippen molar-refractivity contribution in [3.8, 4) is 11.4 Å². The molecule has 1 aromatic heterocycles. The number of rotatable bonds is 5. The molecule has 0 atom stereocenters. The van der Waals surface area contributed by atoms with Gasteiger partial charge in [-0.3, -0.25) is 10.1 Å². The van der Waals surface area contributed by atoms with E-state index in [1.165, 1.54) is 19.2 Å². The Morgan fingerprint density at radius 3 is 2.80 bits per heavy atom. The quantitative estimate of drug-likeness (QED) is 0.403. The summed E-state index contributed by atoms with van der Waals surface area (Å²) in [5, 5.41) is 15.2. The van der Waals surface area contributed by atoms with E-state index in [0.717, 1.165) is 5.56 Å². The highest BCUT2D eigenvalue weighted by Crippen LogP contribution is 2.20. The van der Waals surface area contributed by atoms with Crippen LogP contribution in [0.15, 0.2) is 54.9 Å². The molecule has 8 nitrogen and oxygen atoms in total. The fourth-order valence-electron chi connectivity index (χ4n) is 2.36. The van der Waals surface area contributed by atoms with Crippen LogP contribution in [-0.4, -0.2) is 32.8 Å². The molecule has 0 bridgehead atoms. The zero-order valence-corrected chi connectivity index (χ0v) is 13.3. The van der Waals surface area contributed by atoms with Crippen molar-refractivity contribution < 1.29 is 14.5 Å². The van der Waals surface area contributed by atoms with E-state index in [9.17, 15) is 14.9 Å². The normalized spacial score (nSPS) is 10.4. The summed E-state index contributed by atoms with van der Waals surface area (Å²) in [4.78, 5) is 26.2. The minimum Gasteiger partial charge on any atom is -0.465 e. The molecule has 0 radical (unpaired) electrons. The van der Waals surface area contributed by atoms with Crippen LogP contribution < -0.4 is 0 Å². The molecule has 2 aromatic carbocycles. The van der Waals surface area contributed by atoms with Crippen molar-refractivity contribution in [3.05, 3.63) is 76.1 Å². The average molecular weight is 338 g/mol. The van der Waals surface area contributed by atoms with E-state index in [0.29, 0.717) is 23.5 Å². The molecule has 0 aliphatic carbocycles. The van der Waals surface area contributed by atoms with Crippen molar-refractivity contribution in [3.63, 3.8) is 0 Å². The van der Waals surface area contributed by atoms with Crippen LogP contribution in [0.4, 0.5) is 5.69 Å². The fraction of sp³-hybridized carbons (Fsp3) is 0.118. The Kier molecular flexibility index (Phi) is 4.51. The summed E-state index contributed by atoms with van der Waals surface area (Å²) < 4.78 is 6.31. The molecule has 0 spiro atoms. The first-order chi connectivity index (χ1) is 12.1. The van der Waals surface area contributed by atoms with Gasteiger partial charge in [-0.25, -0.2) is 14.5 Å². The minimum atomic E-state index is -0.460. The molecular formula is C17H14N4O4. The summed E-state index contributed by atoms with van der Waals surface area (Å²) in [6, 6.07) is 13.2. The maximum atomic E-state index is 11.6. The summed E-state index contributed by atoms with van der Waals surface area (Å²) >= 11 is 0. The van der Waals surface area contributed by atoms with E-state index in [1.54, 1.807) is 41.3 Å². The highest BCUT2D eigenvalue weighted by Gasteiger charge is 2.11. The van der Waals surface area contributed by atoms with Crippen molar-refractivity contribution in [1.82, 2.24) is 14.8 Å². The molecular weight excluding hydrogens is 324 g/mol. The monoisotopic (exact) mass is 338 g/mol. The smallest absolute Gasteiger partial charge is 0.337 e. The molecule has 0 aliphatic heterocycles. The van der Waals surface area contributed by atoms with Gasteiger partial charge in [-0.05, 0) is 17.7 Å². The highest BCUT2D eigenvalue weighted by atomic mass is 16.6. The molecule has 126 valence electrons. The van der Waals surface area contributed by atoms with Crippen molar-refractivity contribution in [2.45, 2.75) is 6.54 Å². The molecule has 0 amide bonds. The number of nitro groups is 1. The number of esters is 1. The molecule has 25 heavy (non-hydrogen) atoms. The Bertz CT molecular complexity index is 936. The Hall–Kier alpha value is -3.55. The minimum absolute atomic E-state index is 0.0142. The number of ether oxygens (including phenoxy) is 1. The van der Waals surface area contributed by atoms with Gasteiger partial charge in [0, 0.05) is 17.7 Å². The van der Waals surface area contributed by atoms with Crippen LogP contribution in [0.3, 0.4) is 0 Å². The van der Waals surface area contributed by atoms with Crippen LogP contribution in [0.25, 0.3) is 11.4 Å². The van der Waals surface area contributed by atoms with Gasteiger partial charge in [0.25, 0.3) is 5.69 Å². The Morgan fingerprint density at radius 2 is 2.04 bits per heavy atom. The molecule has 0 saturated heterocycles. The first-order valence-electron chi connectivity index (χ1n) is 7.38. The van der Waals surface area contributed by atoms with Crippen molar-refractivity contribution in [2.75, 3.05) is 7.11 Å². The van der Waals surface area contributed by atoms with Crippen molar-refractivity contribution >= 4 is 11.7 Å². The largest absolute Gasteiger partial charge is 0.465 e.